The smallest absolute Gasteiger partial charge is 0.410 e. The molecule has 6 nitrogen and oxygen atoms in total. The molecular weight excluding hydrogens is 322 g/mol. The SMILES string of the molecule is CCCSc1nsnc1C12CCC(CC1O)CN2C(=O)OC. The predicted molar refractivity (Wildman–Crippen MR) is 85.1 cm³/mol. The van der Waals surface area contributed by atoms with Crippen LogP contribution in [-0.4, -0.2) is 50.4 Å². The lowest BCUT2D eigenvalue weighted by Crippen LogP contribution is -2.65. The Morgan fingerprint density at radius 2 is 2.41 bits per heavy atom. The Kier molecular flexibility index (Phi) is 4.61. The number of rotatable bonds is 4. The molecule has 0 spiro atoms. The van der Waals surface area contributed by atoms with Crippen LogP contribution in [0.1, 0.15) is 38.3 Å². The van der Waals surface area contributed by atoms with Crippen molar-refractivity contribution in [3.63, 3.8) is 0 Å². The van der Waals surface area contributed by atoms with Gasteiger partial charge in [-0.05, 0) is 37.4 Å². The number of aromatic nitrogens is 2. The molecule has 0 aromatic carbocycles. The van der Waals surface area contributed by atoms with E-state index in [0.717, 1.165) is 47.5 Å². The normalized spacial score (nSPS) is 30.6. The van der Waals surface area contributed by atoms with Crippen molar-refractivity contribution in [2.45, 2.75) is 49.3 Å². The van der Waals surface area contributed by atoms with Gasteiger partial charge < -0.3 is 9.84 Å². The summed E-state index contributed by atoms with van der Waals surface area (Å²) in [5.41, 5.74) is -0.0164. The van der Waals surface area contributed by atoms with Crippen LogP contribution in [0.15, 0.2) is 5.03 Å². The van der Waals surface area contributed by atoms with E-state index in [2.05, 4.69) is 15.7 Å². The molecule has 8 heteroatoms. The number of thioether (sulfide) groups is 1. The number of aliphatic hydroxyl groups excluding tert-OH is 1. The van der Waals surface area contributed by atoms with Crippen LogP contribution < -0.4 is 0 Å². The van der Waals surface area contributed by atoms with E-state index < -0.39 is 11.6 Å². The Balaban J connectivity index is 2.02. The average Bonchev–Trinajstić information content (AvgIpc) is 3.01. The van der Waals surface area contributed by atoms with Gasteiger partial charge in [0.05, 0.1) is 24.9 Å². The van der Waals surface area contributed by atoms with Crippen LogP contribution in [0.2, 0.25) is 0 Å². The van der Waals surface area contributed by atoms with Crippen LogP contribution in [-0.2, 0) is 10.3 Å². The maximum absolute atomic E-state index is 12.3. The van der Waals surface area contributed by atoms with Gasteiger partial charge in [-0.25, -0.2) is 4.79 Å². The molecule has 3 atom stereocenters. The highest BCUT2D eigenvalue weighted by Gasteiger charge is 2.58. The van der Waals surface area contributed by atoms with Crippen molar-refractivity contribution in [2.24, 2.45) is 5.92 Å². The Morgan fingerprint density at radius 1 is 1.59 bits per heavy atom. The number of piperidine rings is 2. The van der Waals surface area contributed by atoms with E-state index in [1.54, 1.807) is 16.7 Å². The van der Waals surface area contributed by atoms with Gasteiger partial charge in [0.25, 0.3) is 0 Å². The van der Waals surface area contributed by atoms with Crippen LogP contribution in [0.4, 0.5) is 4.79 Å². The van der Waals surface area contributed by atoms with Gasteiger partial charge in [0.1, 0.15) is 16.3 Å². The highest BCUT2D eigenvalue weighted by molar-refractivity contribution is 7.99. The monoisotopic (exact) mass is 343 g/mol. The molecule has 0 radical (unpaired) electrons. The Hall–Kier alpha value is -0.860. The number of amides is 1. The van der Waals surface area contributed by atoms with E-state index in [0.29, 0.717) is 18.9 Å². The zero-order valence-corrected chi connectivity index (χ0v) is 14.5. The highest BCUT2D eigenvalue weighted by Crippen LogP contribution is 2.51. The summed E-state index contributed by atoms with van der Waals surface area (Å²) in [6.07, 6.45) is 2.48. The minimum absolute atomic E-state index is 0.342. The number of nitrogens with zero attached hydrogens (tertiary/aromatic N) is 3. The van der Waals surface area contributed by atoms with E-state index in [9.17, 15) is 9.90 Å². The average molecular weight is 343 g/mol. The lowest BCUT2D eigenvalue weighted by atomic mass is 9.67. The standard InChI is InChI=1S/C14H21N3O3S2/c1-3-6-21-12-11(15-22-16-12)14-5-4-9(7-10(14)18)8-17(14)13(19)20-2/h9-10,18H,3-8H2,1-2H3. The lowest BCUT2D eigenvalue weighted by Gasteiger charge is -2.55. The number of hydrogen-bond acceptors (Lipinski definition) is 7. The third kappa shape index (κ3) is 2.41. The molecule has 3 unspecified atom stereocenters. The summed E-state index contributed by atoms with van der Waals surface area (Å²) in [4.78, 5) is 14.0. The van der Waals surface area contributed by atoms with Gasteiger partial charge in [0.15, 0.2) is 0 Å². The fraction of sp³-hybridized carbons (Fsp3) is 0.786. The van der Waals surface area contributed by atoms with Crippen molar-refractivity contribution < 1.29 is 14.6 Å². The Labute approximate surface area is 138 Å². The second-order valence-corrected chi connectivity index (χ2v) is 7.54. The molecule has 2 aliphatic heterocycles. The number of carbonyl (C=O) groups excluding carboxylic acids is 1. The van der Waals surface area contributed by atoms with Gasteiger partial charge in [0.2, 0.25) is 0 Å². The number of carbonyl (C=O) groups is 1. The topological polar surface area (TPSA) is 75.6 Å². The molecule has 2 bridgehead atoms. The number of fused-ring (bicyclic) bond motifs is 3. The summed E-state index contributed by atoms with van der Waals surface area (Å²) < 4.78 is 13.8. The molecule has 122 valence electrons. The molecule has 1 aromatic rings. The van der Waals surface area contributed by atoms with E-state index in [1.807, 2.05) is 0 Å². The maximum Gasteiger partial charge on any atom is 0.410 e. The second-order valence-electron chi connectivity index (χ2n) is 5.93. The maximum atomic E-state index is 12.3. The van der Waals surface area contributed by atoms with Crippen molar-refractivity contribution in [2.75, 3.05) is 19.4 Å². The number of methoxy groups -OCH3 is 1. The van der Waals surface area contributed by atoms with Gasteiger partial charge in [-0.2, -0.15) is 8.75 Å². The van der Waals surface area contributed by atoms with Gasteiger partial charge in [0, 0.05) is 6.54 Å². The molecule has 4 rings (SSSR count). The summed E-state index contributed by atoms with van der Waals surface area (Å²) in [5, 5.41) is 11.6. The largest absolute Gasteiger partial charge is 0.453 e. The first kappa shape index (κ1) is 16.0. The zero-order valence-electron chi connectivity index (χ0n) is 12.8. The van der Waals surface area contributed by atoms with Gasteiger partial charge >= 0.3 is 6.09 Å². The number of ether oxygens (including phenoxy) is 1. The molecule has 3 fully saturated rings. The molecule has 1 amide bonds. The van der Waals surface area contributed by atoms with Crippen molar-refractivity contribution in [3.05, 3.63) is 5.69 Å². The van der Waals surface area contributed by atoms with Gasteiger partial charge in [-0.15, -0.1) is 11.8 Å². The van der Waals surface area contributed by atoms with E-state index in [4.69, 9.17) is 4.74 Å². The summed E-state index contributed by atoms with van der Waals surface area (Å²) in [7, 11) is 1.39. The van der Waals surface area contributed by atoms with Crippen LogP contribution in [0, 0.1) is 5.92 Å². The quantitative estimate of drug-likeness (QED) is 0.847. The Bertz CT molecular complexity index is 553. The first-order valence-electron chi connectivity index (χ1n) is 7.63. The molecule has 1 saturated carbocycles. The molecule has 1 aromatic heterocycles. The van der Waals surface area contributed by atoms with Crippen LogP contribution in [0.3, 0.4) is 0 Å². The molecule has 3 heterocycles. The van der Waals surface area contributed by atoms with E-state index in [1.165, 1.54) is 7.11 Å². The third-order valence-corrected chi connectivity index (χ3v) is 6.48. The number of hydrogen-bond donors (Lipinski definition) is 1. The van der Waals surface area contributed by atoms with Crippen molar-refractivity contribution in [1.82, 2.24) is 13.6 Å². The first-order valence-corrected chi connectivity index (χ1v) is 9.34. The Morgan fingerprint density at radius 3 is 3.09 bits per heavy atom. The fourth-order valence-electron chi connectivity index (χ4n) is 3.61. The molecule has 3 aliphatic rings. The molecule has 22 heavy (non-hydrogen) atoms. The molecule has 1 aliphatic carbocycles. The molecule has 1 N–H and O–H groups in total. The highest BCUT2D eigenvalue weighted by atomic mass is 32.2. The minimum atomic E-state index is -0.773. The van der Waals surface area contributed by atoms with E-state index in [-0.39, 0.29) is 6.09 Å². The lowest BCUT2D eigenvalue weighted by molar-refractivity contribution is -0.119. The van der Waals surface area contributed by atoms with Crippen molar-refractivity contribution in [3.8, 4) is 0 Å². The van der Waals surface area contributed by atoms with Gasteiger partial charge in [-0.3, -0.25) is 4.90 Å². The van der Waals surface area contributed by atoms with Crippen molar-refractivity contribution in [1.29, 1.82) is 0 Å². The second kappa shape index (κ2) is 6.33. The summed E-state index contributed by atoms with van der Waals surface area (Å²) in [6.45, 7) is 2.74. The van der Waals surface area contributed by atoms with Crippen molar-refractivity contribution >= 4 is 29.6 Å². The predicted octanol–water partition coefficient (Wildman–Crippen LogP) is 2.48. The first-order chi connectivity index (χ1) is 10.6. The van der Waals surface area contributed by atoms with Crippen LogP contribution in [0.5, 0.6) is 0 Å². The third-order valence-electron chi connectivity index (χ3n) is 4.67. The zero-order chi connectivity index (χ0) is 15.7. The molecule has 2 saturated heterocycles. The van der Waals surface area contributed by atoms with Crippen LogP contribution >= 0.6 is 23.5 Å². The fourth-order valence-corrected chi connectivity index (χ4v) is 5.26. The molecular formula is C14H21N3O3S2. The minimum Gasteiger partial charge on any atom is -0.453 e. The van der Waals surface area contributed by atoms with E-state index >= 15 is 0 Å². The number of aliphatic hydroxyl groups is 1. The summed E-state index contributed by atoms with van der Waals surface area (Å²) in [5.74, 6) is 1.29. The van der Waals surface area contributed by atoms with Crippen LogP contribution in [0.25, 0.3) is 0 Å². The van der Waals surface area contributed by atoms with Gasteiger partial charge in [-0.1, -0.05) is 6.92 Å². The summed E-state index contributed by atoms with van der Waals surface area (Å²) >= 11 is 2.80. The summed E-state index contributed by atoms with van der Waals surface area (Å²) in [6, 6.07) is 0.